The quantitative estimate of drug-likeness (QED) is 0.677. The maximum absolute atomic E-state index is 11.2. The van der Waals surface area contributed by atoms with Crippen LogP contribution in [-0.2, 0) is 9.59 Å². The van der Waals surface area contributed by atoms with E-state index in [4.69, 9.17) is 5.11 Å². The summed E-state index contributed by atoms with van der Waals surface area (Å²) in [6.45, 7) is 2.32. The Morgan fingerprint density at radius 2 is 1.92 bits per heavy atom. The van der Waals surface area contributed by atoms with E-state index < -0.39 is 5.97 Å². The Morgan fingerprint density at radius 3 is 2.38 bits per heavy atom. The fourth-order valence-electron chi connectivity index (χ4n) is 0.907. The molecule has 0 bridgehead atoms. The van der Waals surface area contributed by atoms with Crippen molar-refractivity contribution < 1.29 is 14.7 Å². The second kappa shape index (κ2) is 6.46. The van der Waals surface area contributed by atoms with Gasteiger partial charge >= 0.3 is 5.97 Å². The van der Waals surface area contributed by atoms with Crippen LogP contribution in [0.1, 0.15) is 32.6 Å². The predicted molar refractivity (Wildman–Crippen MR) is 49.4 cm³/mol. The van der Waals surface area contributed by atoms with Crippen molar-refractivity contribution in [2.75, 3.05) is 13.6 Å². The molecule has 0 unspecified atom stereocenters. The molecule has 0 heterocycles. The summed E-state index contributed by atoms with van der Waals surface area (Å²) in [6, 6.07) is 0. The van der Waals surface area contributed by atoms with Gasteiger partial charge in [-0.3, -0.25) is 9.59 Å². The lowest BCUT2D eigenvalue weighted by atomic mass is 10.2. The van der Waals surface area contributed by atoms with Crippen molar-refractivity contribution in [2.24, 2.45) is 0 Å². The van der Waals surface area contributed by atoms with Crippen molar-refractivity contribution in [3.63, 3.8) is 0 Å². The van der Waals surface area contributed by atoms with Gasteiger partial charge in [0.25, 0.3) is 0 Å². The van der Waals surface area contributed by atoms with Crippen LogP contribution in [0.25, 0.3) is 0 Å². The highest BCUT2D eigenvalue weighted by Gasteiger charge is 2.08. The minimum absolute atomic E-state index is 0.0222. The fraction of sp³-hybridized carbons (Fsp3) is 0.778. The van der Waals surface area contributed by atoms with Gasteiger partial charge < -0.3 is 10.0 Å². The summed E-state index contributed by atoms with van der Waals surface area (Å²) in [4.78, 5) is 22.9. The van der Waals surface area contributed by atoms with Crippen LogP contribution in [0.4, 0.5) is 0 Å². The van der Waals surface area contributed by atoms with Gasteiger partial charge in [0.2, 0.25) is 5.91 Å². The summed E-state index contributed by atoms with van der Waals surface area (Å²) in [5.41, 5.74) is 0. The number of carboxylic acid groups (broad SMARTS) is 1. The number of amides is 1. The maximum Gasteiger partial charge on any atom is 0.305 e. The third kappa shape index (κ3) is 6.13. The molecule has 0 aliphatic rings. The van der Waals surface area contributed by atoms with Crippen LogP contribution in [-0.4, -0.2) is 35.5 Å². The van der Waals surface area contributed by atoms with Gasteiger partial charge in [0.15, 0.2) is 0 Å². The van der Waals surface area contributed by atoms with E-state index in [2.05, 4.69) is 0 Å². The second-order valence-corrected chi connectivity index (χ2v) is 3.06. The first-order valence-corrected chi connectivity index (χ1v) is 4.53. The molecule has 0 spiro atoms. The molecule has 1 N–H and O–H groups in total. The zero-order valence-corrected chi connectivity index (χ0v) is 8.25. The lowest BCUT2D eigenvalue weighted by Crippen LogP contribution is -2.28. The fourth-order valence-corrected chi connectivity index (χ4v) is 0.907. The molecule has 0 aliphatic heterocycles. The number of hydrogen-bond donors (Lipinski definition) is 1. The Hall–Kier alpha value is -1.06. The lowest BCUT2D eigenvalue weighted by Gasteiger charge is -2.15. The first-order valence-electron chi connectivity index (χ1n) is 4.53. The largest absolute Gasteiger partial charge is 0.481 e. The predicted octanol–water partition coefficient (Wildman–Crippen LogP) is 1.11. The molecule has 76 valence electrons. The average molecular weight is 187 g/mol. The highest BCUT2D eigenvalue weighted by atomic mass is 16.4. The topological polar surface area (TPSA) is 57.6 Å². The van der Waals surface area contributed by atoms with Crippen molar-refractivity contribution in [1.29, 1.82) is 0 Å². The maximum atomic E-state index is 11.2. The van der Waals surface area contributed by atoms with Crippen LogP contribution in [0, 0.1) is 0 Å². The first-order chi connectivity index (χ1) is 6.07. The molecule has 0 radical (unpaired) electrons. The monoisotopic (exact) mass is 187 g/mol. The molecule has 0 rings (SSSR count). The summed E-state index contributed by atoms with van der Waals surface area (Å²) in [5, 5.41) is 8.38. The third-order valence-corrected chi connectivity index (χ3v) is 1.83. The van der Waals surface area contributed by atoms with Crippen molar-refractivity contribution in [3.05, 3.63) is 0 Å². The molecule has 0 atom stereocenters. The highest BCUT2D eigenvalue weighted by Crippen LogP contribution is 1.99. The van der Waals surface area contributed by atoms with Gasteiger partial charge in [0, 0.05) is 20.0 Å². The molecule has 0 aromatic heterocycles. The number of carbonyl (C=O) groups excluding carboxylic acids is 1. The summed E-state index contributed by atoms with van der Waals surface area (Å²) in [7, 11) is 1.64. The number of hydrogen-bond acceptors (Lipinski definition) is 2. The van der Waals surface area contributed by atoms with Crippen molar-refractivity contribution in [2.45, 2.75) is 32.6 Å². The minimum atomic E-state index is -0.866. The molecule has 1 amide bonds. The summed E-state index contributed by atoms with van der Waals surface area (Å²) in [5.74, 6) is -0.835. The SMILES string of the molecule is CCCCC(=O)N(C)CCC(=O)O. The summed E-state index contributed by atoms with van der Waals surface area (Å²) < 4.78 is 0. The number of carbonyl (C=O) groups is 2. The van der Waals surface area contributed by atoms with Crippen molar-refractivity contribution in [3.8, 4) is 0 Å². The lowest BCUT2D eigenvalue weighted by molar-refractivity contribution is -0.138. The van der Waals surface area contributed by atoms with Gasteiger partial charge in [-0.25, -0.2) is 0 Å². The summed E-state index contributed by atoms with van der Waals surface area (Å²) in [6.07, 6.45) is 2.40. The van der Waals surface area contributed by atoms with E-state index in [1.165, 1.54) is 4.90 Å². The van der Waals surface area contributed by atoms with Crippen molar-refractivity contribution in [1.82, 2.24) is 4.90 Å². The van der Waals surface area contributed by atoms with Crippen molar-refractivity contribution >= 4 is 11.9 Å². The van der Waals surface area contributed by atoms with E-state index in [-0.39, 0.29) is 12.3 Å². The van der Waals surface area contributed by atoms with Gasteiger partial charge in [0.1, 0.15) is 0 Å². The zero-order valence-electron chi connectivity index (χ0n) is 8.25. The van der Waals surface area contributed by atoms with E-state index in [1.54, 1.807) is 7.05 Å². The zero-order chi connectivity index (χ0) is 10.3. The number of nitrogens with zero attached hydrogens (tertiary/aromatic N) is 1. The van der Waals surface area contributed by atoms with Gasteiger partial charge in [-0.1, -0.05) is 13.3 Å². The number of rotatable bonds is 6. The minimum Gasteiger partial charge on any atom is -0.481 e. The number of aliphatic carboxylic acids is 1. The Kier molecular flexibility index (Phi) is 5.93. The third-order valence-electron chi connectivity index (χ3n) is 1.83. The van der Waals surface area contributed by atoms with E-state index in [0.717, 1.165) is 12.8 Å². The second-order valence-electron chi connectivity index (χ2n) is 3.06. The molecule has 0 saturated carbocycles. The van der Waals surface area contributed by atoms with Crippen LogP contribution in [0.3, 0.4) is 0 Å². The molecule has 4 nitrogen and oxygen atoms in total. The van der Waals surface area contributed by atoms with Crippen LogP contribution in [0.15, 0.2) is 0 Å². The van der Waals surface area contributed by atoms with Gasteiger partial charge in [-0.05, 0) is 6.42 Å². The van der Waals surface area contributed by atoms with Gasteiger partial charge in [-0.2, -0.15) is 0 Å². The van der Waals surface area contributed by atoms with Gasteiger partial charge in [0.05, 0.1) is 6.42 Å². The Labute approximate surface area is 78.5 Å². The Balaban J connectivity index is 3.62. The highest BCUT2D eigenvalue weighted by molar-refractivity contribution is 5.76. The van der Waals surface area contributed by atoms with E-state index in [1.807, 2.05) is 6.92 Å². The van der Waals surface area contributed by atoms with E-state index >= 15 is 0 Å². The molecule has 4 heteroatoms. The first kappa shape index (κ1) is 11.9. The number of unbranched alkanes of at least 4 members (excludes halogenated alkanes) is 1. The molecule has 0 aromatic rings. The van der Waals surface area contributed by atoms with Crippen LogP contribution < -0.4 is 0 Å². The Morgan fingerprint density at radius 1 is 1.31 bits per heavy atom. The standard InChI is InChI=1S/C9H17NO3/c1-3-4-5-8(11)10(2)7-6-9(12)13/h3-7H2,1-2H3,(H,12,13). The van der Waals surface area contributed by atoms with Crippen LogP contribution in [0.2, 0.25) is 0 Å². The van der Waals surface area contributed by atoms with Crippen LogP contribution in [0.5, 0.6) is 0 Å². The van der Waals surface area contributed by atoms with Crippen LogP contribution >= 0.6 is 0 Å². The smallest absolute Gasteiger partial charge is 0.305 e. The normalized spacial score (nSPS) is 9.69. The average Bonchev–Trinajstić information content (AvgIpc) is 2.10. The molecule has 13 heavy (non-hydrogen) atoms. The summed E-state index contributed by atoms with van der Waals surface area (Å²) >= 11 is 0. The van der Waals surface area contributed by atoms with Gasteiger partial charge in [-0.15, -0.1) is 0 Å². The molecular formula is C9H17NO3. The molecule has 0 fully saturated rings. The molecule has 0 saturated heterocycles. The molecule has 0 aliphatic carbocycles. The van der Waals surface area contributed by atoms with E-state index in [9.17, 15) is 9.59 Å². The van der Waals surface area contributed by atoms with E-state index in [0.29, 0.717) is 13.0 Å². The molecular weight excluding hydrogens is 170 g/mol. The number of carboxylic acids is 1. The Bertz CT molecular complexity index is 180. The molecule has 0 aromatic carbocycles.